The smallest absolute Gasteiger partial charge is 0.249 e. The van der Waals surface area contributed by atoms with Crippen molar-refractivity contribution in [3.8, 4) is 11.5 Å². The summed E-state index contributed by atoms with van der Waals surface area (Å²) in [6.07, 6.45) is 4.24. The fourth-order valence-electron chi connectivity index (χ4n) is 4.46. The molecule has 2 aromatic carbocycles. The Balaban J connectivity index is 1.30. The van der Waals surface area contributed by atoms with Crippen LogP contribution in [0.1, 0.15) is 31.2 Å². The van der Waals surface area contributed by atoms with Gasteiger partial charge in [-0.1, -0.05) is 42.8 Å². The molecule has 0 atom stereocenters. The third kappa shape index (κ3) is 5.39. The SMILES string of the molecule is CC1CCN(Cc2nnc(-c3cn(CC(=O)NCc4ccc(F)cc4Cl)c4ccccc34)o2)CC1. The van der Waals surface area contributed by atoms with Crippen LogP contribution < -0.4 is 5.32 Å². The van der Waals surface area contributed by atoms with Crippen molar-refractivity contribution in [2.24, 2.45) is 5.92 Å². The van der Waals surface area contributed by atoms with Gasteiger partial charge in [-0.15, -0.1) is 10.2 Å². The summed E-state index contributed by atoms with van der Waals surface area (Å²) < 4.78 is 21.2. The van der Waals surface area contributed by atoms with Crippen LogP contribution in [0.25, 0.3) is 22.4 Å². The number of carbonyl (C=O) groups is 1. The van der Waals surface area contributed by atoms with E-state index in [4.69, 9.17) is 16.0 Å². The average Bonchev–Trinajstić information content (AvgIpc) is 3.45. The number of piperidine rings is 1. The summed E-state index contributed by atoms with van der Waals surface area (Å²) in [7, 11) is 0. The molecular formula is C26H27ClFN5O2. The summed E-state index contributed by atoms with van der Waals surface area (Å²) in [6.45, 7) is 5.33. The van der Waals surface area contributed by atoms with E-state index < -0.39 is 5.82 Å². The molecule has 4 aromatic rings. The summed E-state index contributed by atoms with van der Waals surface area (Å²) in [4.78, 5) is 15.0. The zero-order chi connectivity index (χ0) is 24.4. The maximum atomic E-state index is 13.3. The van der Waals surface area contributed by atoms with Crippen molar-refractivity contribution >= 4 is 28.4 Å². The van der Waals surface area contributed by atoms with Gasteiger partial charge in [0, 0.05) is 28.7 Å². The molecule has 0 spiro atoms. The number of hydrogen-bond acceptors (Lipinski definition) is 5. The highest BCUT2D eigenvalue weighted by molar-refractivity contribution is 6.31. The Morgan fingerprint density at radius 2 is 2.00 bits per heavy atom. The molecule has 1 aliphatic rings. The van der Waals surface area contributed by atoms with Gasteiger partial charge in [-0.2, -0.15) is 0 Å². The van der Waals surface area contributed by atoms with Gasteiger partial charge in [0.05, 0.1) is 12.1 Å². The Labute approximate surface area is 207 Å². The largest absolute Gasteiger partial charge is 0.419 e. The Morgan fingerprint density at radius 3 is 2.80 bits per heavy atom. The molecule has 0 bridgehead atoms. The van der Waals surface area contributed by atoms with Gasteiger partial charge in [0.2, 0.25) is 17.7 Å². The van der Waals surface area contributed by atoms with Crippen molar-refractivity contribution in [1.82, 2.24) is 25.0 Å². The van der Waals surface area contributed by atoms with E-state index >= 15 is 0 Å². The number of aromatic nitrogens is 3. The number of nitrogens with one attached hydrogen (secondary N) is 1. The first-order chi connectivity index (χ1) is 17.0. The summed E-state index contributed by atoms with van der Waals surface area (Å²) >= 11 is 6.07. The van der Waals surface area contributed by atoms with Crippen LogP contribution in [0.4, 0.5) is 4.39 Å². The summed E-state index contributed by atoms with van der Waals surface area (Å²) in [5, 5.41) is 12.6. The predicted molar refractivity (Wildman–Crippen MR) is 132 cm³/mol. The molecule has 0 saturated carbocycles. The van der Waals surface area contributed by atoms with Gasteiger partial charge in [-0.3, -0.25) is 9.69 Å². The summed E-state index contributed by atoms with van der Waals surface area (Å²) in [5.41, 5.74) is 2.34. The predicted octanol–water partition coefficient (Wildman–Crippen LogP) is 5.03. The summed E-state index contributed by atoms with van der Waals surface area (Å²) in [6, 6.07) is 11.9. The Kier molecular flexibility index (Phi) is 6.83. The van der Waals surface area contributed by atoms with Gasteiger partial charge in [-0.25, -0.2) is 4.39 Å². The fraction of sp³-hybridized carbons (Fsp3) is 0.346. The van der Waals surface area contributed by atoms with Gasteiger partial charge in [0.1, 0.15) is 12.4 Å². The van der Waals surface area contributed by atoms with E-state index in [2.05, 4.69) is 27.3 Å². The lowest BCUT2D eigenvalue weighted by Gasteiger charge is -2.28. The Bertz CT molecular complexity index is 1340. The maximum absolute atomic E-state index is 13.3. The number of carbonyl (C=O) groups excluding carboxylic acids is 1. The molecule has 0 aliphatic carbocycles. The Hall–Kier alpha value is -3.23. The molecule has 1 amide bonds. The lowest BCUT2D eigenvalue weighted by Crippen LogP contribution is -2.32. The second-order valence-electron chi connectivity index (χ2n) is 9.16. The molecule has 7 nitrogen and oxygen atoms in total. The van der Waals surface area contributed by atoms with Crippen molar-refractivity contribution in [3.63, 3.8) is 0 Å². The van der Waals surface area contributed by atoms with Gasteiger partial charge >= 0.3 is 0 Å². The molecule has 1 fully saturated rings. The molecule has 1 saturated heterocycles. The number of hydrogen-bond donors (Lipinski definition) is 1. The molecule has 182 valence electrons. The van der Waals surface area contributed by atoms with Gasteiger partial charge in [0.15, 0.2) is 0 Å². The van der Waals surface area contributed by atoms with E-state index in [9.17, 15) is 9.18 Å². The fourth-order valence-corrected chi connectivity index (χ4v) is 4.69. The van der Waals surface area contributed by atoms with Crippen LogP contribution in [0, 0.1) is 11.7 Å². The molecule has 1 N–H and O–H groups in total. The van der Waals surface area contributed by atoms with E-state index in [1.54, 1.807) is 6.07 Å². The van der Waals surface area contributed by atoms with Gasteiger partial charge < -0.3 is 14.3 Å². The number of rotatable bonds is 7. The zero-order valence-corrected chi connectivity index (χ0v) is 20.3. The van der Waals surface area contributed by atoms with Crippen LogP contribution in [0.15, 0.2) is 53.1 Å². The van der Waals surface area contributed by atoms with Crippen LogP contribution in [0.5, 0.6) is 0 Å². The first-order valence-corrected chi connectivity index (χ1v) is 12.2. The van der Waals surface area contributed by atoms with Crippen molar-refractivity contribution in [2.75, 3.05) is 13.1 Å². The van der Waals surface area contributed by atoms with E-state index in [-0.39, 0.29) is 24.0 Å². The highest BCUT2D eigenvalue weighted by Crippen LogP contribution is 2.30. The van der Waals surface area contributed by atoms with Crippen molar-refractivity contribution < 1.29 is 13.6 Å². The molecule has 0 unspecified atom stereocenters. The van der Waals surface area contributed by atoms with Crippen LogP contribution in [0.2, 0.25) is 5.02 Å². The zero-order valence-electron chi connectivity index (χ0n) is 19.5. The normalized spacial score (nSPS) is 15.1. The molecule has 5 rings (SSSR count). The van der Waals surface area contributed by atoms with Crippen molar-refractivity contribution in [1.29, 1.82) is 0 Å². The van der Waals surface area contributed by atoms with Crippen LogP contribution in [-0.2, 0) is 24.4 Å². The lowest BCUT2D eigenvalue weighted by molar-refractivity contribution is -0.121. The molecule has 1 aliphatic heterocycles. The number of benzene rings is 2. The van der Waals surface area contributed by atoms with E-state index in [1.165, 1.54) is 25.0 Å². The second-order valence-corrected chi connectivity index (χ2v) is 9.57. The molecule has 0 radical (unpaired) electrons. The minimum Gasteiger partial charge on any atom is -0.419 e. The van der Waals surface area contributed by atoms with Crippen molar-refractivity contribution in [2.45, 2.75) is 39.4 Å². The number of halogens is 2. The number of amides is 1. The molecule has 3 heterocycles. The van der Waals surface area contributed by atoms with E-state index in [1.807, 2.05) is 35.0 Å². The first kappa shape index (κ1) is 23.5. The quantitative estimate of drug-likeness (QED) is 0.389. The highest BCUT2D eigenvalue weighted by Gasteiger charge is 2.20. The minimum atomic E-state index is -0.411. The van der Waals surface area contributed by atoms with Gasteiger partial charge in [-0.05, 0) is 55.6 Å². The topological polar surface area (TPSA) is 76.2 Å². The standard InChI is InChI=1S/C26H27ClFN5O2/c1-17-8-10-32(11-9-17)16-25-30-31-26(35-25)21-14-33(23-5-3-2-4-20(21)23)15-24(34)29-13-18-6-7-19(28)12-22(18)27/h2-7,12,14,17H,8-11,13,15-16H2,1H3,(H,29,34). The highest BCUT2D eigenvalue weighted by atomic mass is 35.5. The average molecular weight is 496 g/mol. The molecule has 35 heavy (non-hydrogen) atoms. The monoisotopic (exact) mass is 495 g/mol. The van der Waals surface area contributed by atoms with Crippen LogP contribution in [0.3, 0.4) is 0 Å². The van der Waals surface area contributed by atoms with Crippen LogP contribution >= 0.6 is 11.6 Å². The number of para-hydroxylation sites is 1. The molecular weight excluding hydrogens is 469 g/mol. The second kappa shape index (κ2) is 10.2. The van der Waals surface area contributed by atoms with E-state index in [0.29, 0.717) is 23.9 Å². The van der Waals surface area contributed by atoms with Gasteiger partial charge in [0.25, 0.3) is 0 Å². The maximum Gasteiger partial charge on any atom is 0.249 e. The number of fused-ring (bicyclic) bond motifs is 1. The first-order valence-electron chi connectivity index (χ1n) is 11.8. The minimum absolute atomic E-state index is 0.103. The van der Waals surface area contributed by atoms with E-state index in [0.717, 1.165) is 35.5 Å². The van der Waals surface area contributed by atoms with Crippen LogP contribution in [-0.4, -0.2) is 38.7 Å². The lowest BCUT2D eigenvalue weighted by atomic mass is 9.99. The Morgan fingerprint density at radius 1 is 1.20 bits per heavy atom. The third-order valence-corrected chi connectivity index (χ3v) is 6.88. The molecule has 2 aromatic heterocycles. The third-order valence-electron chi connectivity index (χ3n) is 6.53. The molecule has 9 heteroatoms. The summed E-state index contributed by atoms with van der Waals surface area (Å²) in [5.74, 6) is 1.20. The van der Waals surface area contributed by atoms with Crippen molar-refractivity contribution in [3.05, 3.63) is 71.0 Å². The number of likely N-dealkylation sites (tertiary alicyclic amines) is 1. The number of nitrogens with zero attached hydrogens (tertiary/aromatic N) is 4.